The Balaban J connectivity index is 1.90. The van der Waals surface area contributed by atoms with Crippen molar-refractivity contribution in [3.8, 4) is 0 Å². The summed E-state index contributed by atoms with van der Waals surface area (Å²) in [4.78, 5) is 27.7. The van der Waals surface area contributed by atoms with Crippen LogP contribution in [0.1, 0.15) is 38.5 Å². The standard InChI is InChI=1S/C15H18N2O3/c18-14-12-7-4-9-16-13(12)17(15(19)20-14)10-8-11-5-2-1-3-6-11/h4,7,9,11H,1-3,5-6,8,10H2. The number of nitrogens with zero attached hydrogens (tertiary/aromatic N) is 2. The van der Waals surface area contributed by atoms with Gasteiger partial charge in [-0.3, -0.25) is 4.57 Å². The number of rotatable bonds is 3. The van der Waals surface area contributed by atoms with Gasteiger partial charge in [-0.15, -0.1) is 0 Å². The molecule has 106 valence electrons. The summed E-state index contributed by atoms with van der Waals surface area (Å²) in [6, 6.07) is 3.32. The van der Waals surface area contributed by atoms with Gasteiger partial charge in [0.05, 0.1) is 0 Å². The maximum absolute atomic E-state index is 11.9. The molecule has 0 spiro atoms. The molecule has 1 aliphatic carbocycles. The number of aryl methyl sites for hydroxylation is 1. The van der Waals surface area contributed by atoms with Crippen molar-refractivity contribution in [1.29, 1.82) is 0 Å². The first-order valence-electron chi connectivity index (χ1n) is 7.24. The van der Waals surface area contributed by atoms with Gasteiger partial charge in [0.2, 0.25) is 0 Å². The van der Waals surface area contributed by atoms with Crippen molar-refractivity contribution < 1.29 is 4.42 Å². The second-order valence-corrected chi connectivity index (χ2v) is 5.47. The molecule has 5 nitrogen and oxygen atoms in total. The van der Waals surface area contributed by atoms with Crippen molar-refractivity contribution in [2.24, 2.45) is 5.92 Å². The van der Waals surface area contributed by atoms with Crippen molar-refractivity contribution >= 4 is 11.0 Å². The number of pyridine rings is 1. The Kier molecular flexibility index (Phi) is 3.67. The summed E-state index contributed by atoms with van der Waals surface area (Å²) in [5.41, 5.74) is -0.170. The zero-order valence-corrected chi connectivity index (χ0v) is 11.4. The molecule has 0 amide bonds. The molecule has 0 aliphatic heterocycles. The summed E-state index contributed by atoms with van der Waals surface area (Å²) in [7, 11) is 0. The maximum Gasteiger partial charge on any atom is 0.423 e. The predicted molar refractivity (Wildman–Crippen MR) is 75.7 cm³/mol. The van der Waals surface area contributed by atoms with Crippen molar-refractivity contribution in [2.75, 3.05) is 0 Å². The second kappa shape index (κ2) is 5.61. The first-order chi connectivity index (χ1) is 9.75. The van der Waals surface area contributed by atoms with E-state index in [2.05, 4.69) is 4.98 Å². The smallest absolute Gasteiger partial charge is 0.372 e. The van der Waals surface area contributed by atoms with Crippen LogP contribution in [-0.2, 0) is 6.54 Å². The van der Waals surface area contributed by atoms with Crippen LogP contribution in [-0.4, -0.2) is 9.55 Å². The van der Waals surface area contributed by atoms with Crippen LogP contribution in [0.3, 0.4) is 0 Å². The molecule has 20 heavy (non-hydrogen) atoms. The van der Waals surface area contributed by atoms with E-state index in [-0.39, 0.29) is 0 Å². The zero-order chi connectivity index (χ0) is 13.9. The summed E-state index contributed by atoms with van der Waals surface area (Å²) in [6.07, 6.45) is 8.89. The number of fused-ring (bicyclic) bond motifs is 1. The average Bonchev–Trinajstić information content (AvgIpc) is 2.48. The van der Waals surface area contributed by atoms with Crippen molar-refractivity contribution in [3.63, 3.8) is 0 Å². The third kappa shape index (κ3) is 2.53. The monoisotopic (exact) mass is 274 g/mol. The summed E-state index contributed by atoms with van der Waals surface area (Å²) in [6.45, 7) is 0.570. The van der Waals surface area contributed by atoms with Crippen LogP contribution in [0.5, 0.6) is 0 Å². The lowest BCUT2D eigenvalue weighted by atomic mass is 9.87. The van der Waals surface area contributed by atoms with Crippen LogP contribution in [0, 0.1) is 5.92 Å². The van der Waals surface area contributed by atoms with E-state index < -0.39 is 11.4 Å². The lowest BCUT2D eigenvalue weighted by Crippen LogP contribution is -2.26. The molecule has 2 heterocycles. The largest absolute Gasteiger partial charge is 0.423 e. The second-order valence-electron chi connectivity index (χ2n) is 5.47. The van der Waals surface area contributed by atoms with Crippen LogP contribution in [0.4, 0.5) is 0 Å². The average molecular weight is 274 g/mol. The normalized spacial score (nSPS) is 16.6. The first-order valence-corrected chi connectivity index (χ1v) is 7.24. The molecule has 1 aliphatic rings. The molecular formula is C15H18N2O3. The molecule has 2 aromatic rings. The summed E-state index contributed by atoms with van der Waals surface area (Å²) in [5.74, 6) is 0.0679. The van der Waals surface area contributed by atoms with Gasteiger partial charge >= 0.3 is 11.4 Å². The minimum absolute atomic E-state index is 0.371. The van der Waals surface area contributed by atoms with Gasteiger partial charge in [-0.05, 0) is 24.5 Å². The van der Waals surface area contributed by atoms with Crippen LogP contribution >= 0.6 is 0 Å². The van der Waals surface area contributed by atoms with E-state index in [0.29, 0.717) is 23.5 Å². The Bertz CT molecular complexity index is 711. The van der Waals surface area contributed by atoms with E-state index in [1.54, 1.807) is 18.3 Å². The quantitative estimate of drug-likeness (QED) is 0.861. The Labute approximate surface area is 116 Å². The van der Waals surface area contributed by atoms with Gasteiger partial charge in [-0.2, -0.15) is 0 Å². The predicted octanol–water partition coefficient (Wildman–Crippen LogP) is 2.32. The van der Waals surface area contributed by atoms with Gasteiger partial charge in [-0.25, -0.2) is 14.6 Å². The maximum atomic E-state index is 11.9. The molecule has 0 aromatic carbocycles. The lowest BCUT2D eigenvalue weighted by molar-refractivity contribution is 0.313. The molecule has 0 unspecified atom stereocenters. The summed E-state index contributed by atoms with van der Waals surface area (Å²) >= 11 is 0. The molecule has 3 rings (SSSR count). The fourth-order valence-electron chi connectivity index (χ4n) is 3.03. The summed E-state index contributed by atoms with van der Waals surface area (Å²) in [5, 5.41) is 0.371. The van der Waals surface area contributed by atoms with Gasteiger partial charge in [-0.1, -0.05) is 32.1 Å². The highest BCUT2D eigenvalue weighted by molar-refractivity contribution is 5.72. The third-order valence-corrected chi connectivity index (χ3v) is 4.15. The third-order valence-electron chi connectivity index (χ3n) is 4.15. The van der Waals surface area contributed by atoms with Gasteiger partial charge in [0.25, 0.3) is 0 Å². The van der Waals surface area contributed by atoms with Crippen molar-refractivity contribution in [1.82, 2.24) is 9.55 Å². The molecule has 0 saturated heterocycles. The molecule has 5 heteroatoms. The van der Waals surface area contributed by atoms with Gasteiger partial charge in [0, 0.05) is 12.7 Å². The highest BCUT2D eigenvalue weighted by Crippen LogP contribution is 2.26. The van der Waals surface area contributed by atoms with E-state index in [4.69, 9.17) is 4.42 Å². The molecule has 1 saturated carbocycles. The molecule has 0 bridgehead atoms. The number of hydrogen-bond acceptors (Lipinski definition) is 4. The molecule has 1 fully saturated rings. The SMILES string of the molecule is O=c1oc(=O)n(CCC2CCCCC2)c2ncccc12. The fourth-order valence-corrected chi connectivity index (χ4v) is 3.03. The van der Waals surface area contributed by atoms with E-state index in [1.165, 1.54) is 36.7 Å². The highest BCUT2D eigenvalue weighted by atomic mass is 16.4. The van der Waals surface area contributed by atoms with Crippen LogP contribution in [0.2, 0.25) is 0 Å². The van der Waals surface area contributed by atoms with E-state index in [9.17, 15) is 9.59 Å². The van der Waals surface area contributed by atoms with Crippen LogP contribution in [0.15, 0.2) is 32.3 Å². The van der Waals surface area contributed by atoms with E-state index >= 15 is 0 Å². The molecule has 2 aromatic heterocycles. The van der Waals surface area contributed by atoms with Crippen molar-refractivity contribution in [2.45, 2.75) is 45.1 Å². The zero-order valence-electron chi connectivity index (χ0n) is 11.4. The van der Waals surface area contributed by atoms with Gasteiger partial charge in [0.1, 0.15) is 5.39 Å². The minimum atomic E-state index is -0.605. The van der Waals surface area contributed by atoms with Crippen LogP contribution < -0.4 is 11.4 Å². The molecular weight excluding hydrogens is 256 g/mol. The fraction of sp³-hybridized carbons (Fsp3) is 0.533. The Morgan fingerprint density at radius 2 is 2.05 bits per heavy atom. The Morgan fingerprint density at radius 1 is 1.25 bits per heavy atom. The first kappa shape index (κ1) is 13.1. The summed E-state index contributed by atoms with van der Waals surface area (Å²) < 4.78 is 6.26. The molecule has 0 radical (unpaired) electrons. The van der Waals surface area contributed by atoms with Gasteiger partial charge in [0.15, 0.2) is 5.65 Å². The topological polar surface area (TPSA) is 65.1 Å². The number of hydrogen-bond donors (Lipinski definition) is 0. The lowest BCUT2D eigenvalue weighted by Gasteiger charge is -2.21. The van der Waals surface area contributed by atoms with Gasteiger partial charge < -0.3 is 4.42 Å². The van der Waals surface area contributed by atoms with E-state index in [0.717, 1.165) is 6.42 Å². The van der Waals surface area contributed by atoms with E-state index in [1.807, 2.05) is 0 Å². The highest BCUT2D eigenvalue weighted by Gasteiger charge is 2.15. The minimum Gasteiger partial charge on any atom is -0.372 e. The Morgan fingerprint density at radius 3 is 2.85 bits per heavy atom. The number of aromatic nitrogens is 2. The van der Waals surface area contributed by atoms with Crippen molar-refractivity contribution in [3.05, 3.63) is 39.3 Å². The molecule has 0 N–H and O–H groups in total. The van der Waals surface area contributed by atoms with Crippen LogP contribution in [0.25, 0.3) is 11.0 Å². The Hall–Kier alpha value is -1.91. The molecule has 0 atom stereocenters.